The van der Waals surface area contributed by atoms with Crippen LogP contribution in [0, 0.1) is 0 Å². The lowest BCUT2D eigenvalue weighted by molar-refractivity contribution is 0.0308. The first-order chi connectivity index (χ1) is 14.7. The topological polar surface area (TPSA) is 51.6 Å². The molecule has 1 aliphatic carbocycles. The molecule has 0 radical (unpaired) electrons. The van der Waals surface area contributed by atoms with Gasteiger partial charge in [-0.3, -0.25) is 9.91 Å². The maximum Gasteiger partial charge on any atom is 0.320 e. The standard InChI is InChI=1S/C23H33N5O2/c1-25-15-19(14-24-25)18-6-8-21(9-7-18)30-22-16-28(17-22)23(29)27-11-3-10-26(12-13-27)20-4-2-5-20/h6-9,14,19-20,22H,2-5,10-13,15-17H2,1H3. The fraction of sp³-hybridized carbons (Fsp3) is 0.652. The highest BCUT2D eigenvalue weighted by atomic mass is 16.5. The third kappa shape index (κ3) is 4.13. The largest absolute Gasteiger partial charge is 0.487 e. The number of likely N-dealkylation sites (tertiary alicyclic amines) is 1. The second-order valence-corrected chi connectivity index (χ2v) is 9.17. The summed E-state index contributed by atoms with van der Waals surface area (Å²) in [5.74, 6) is 1.24. The number of ether oxygens (including phenoxy) is 1. The van der Waals surface area contributed by atoms with Gasteiger partial charge in [-0.25, -0.2) is 4.79 Å². The lowest BCUT2D eigenvalue weighted by atomic mass is 9.91. The van der Waals surface area contributed by atoms with Gasteiger partial charge in [0.05, 0.1) is 13.1 Å². The van der Waals surface area contributed by atoms with Crippen molar-refractivity contribution < 1.29 is 9.53 Å². The Balaban J connectivity index is 1.07. The van der Waals surface area contributed by atoms with Crippen LogP contribution in [-0.4, -0.2) is 97.0 Å². The summed E-state index contributed by atoms with van der Waals surface area (Å²) in [6, 6.07) is 9.28. The molecule has 0 N–H and O–H groups in total. The quantitative estimate of drug-likeness (QED) is 0.764. The Morgan fingerprint density at radius 3 is 2.43 bits per heavy atom. The molecular weight excluding hydrogens is 378 g/mol. The summed E-state index contributed by atoms with van der Waals surface area (Å²) < 4.78 is 6.09. The van der Waals surface area contributed by atoms with E-state index < -0.39 is 0 Å². The molecule has 3 heterocycles. The number of hydrogen-bond acceptors (Lipinski definition) is 5. The number of likely N-dealkylation sites (N-methyl/N-ethyl adjacent to an activating group) is 1. The molecule has 2 amide bonds. The fourth-order valence-electron chi connectivity index (χ4n) is 4.87. The molecule has 1 saturated carbocycles. The Labute approximate surface area is 179 Å². The Bertz CT molecular complexity index is 772. The summed E-state index contributed by atoms with van der Waals surface area (Å²) in [5.41, 5.74) is 1.26. The summed E-state index contributed by atoms with van der Waals surface area (Å²) in [4.78, 5) is 19.4. The van der Waals surface area contributed by atoms with Gasteiger partial charge in [-0.05, 0) is 37.0 Å². The first-order valence-corrected chi connectivity index (χ1v) is 11.5. The average molecular weight is 412 g/mol. The van der Waals surface area contributed by atoms with E-state index >= 15 is 0 Å². The van der Waals surface area contributed by atoms with Gasteiger partial charge >= 0.3 is 6.03 Å². The van der Waals surface area contributed by atoms with Crippen LogP contribution in [0.4, 0.5) is 4.79 Å². The number of rotatable bonds is 4. The van der Waals surface area contributed by atoms with Gasteiger partial charge in [-0.2, -0.15) is 5.10 Å². The smallest absolute Gasteiger partial charge is 0.320 e. The number of nitrogens with zero attached hydrogens (tertiary/aromatic N) is 5. The molecule has 1 aromatic rings. The number of amides is 2. The maximum absolute atomic E-state index is 12.9. The van der Waals surface area contributed by atoms with E-state index in [9.17, 15) is 4.79 Å². The molecule has 30 heavy (non-hydrogen) atoms. The van der Waals surface area contributed by atoms with Gasteiger partial charge < -0.3 is 14.5 Å². The first-order valence-electron chi connectivity index (χ1n) is 11.5. The lowest BCUT2D eigenvalue weighted by Crippen LogP contribution is -2.60. The summed E-state index contributed by atoms with van der Waals surface area (Å²) in [7, 11) is 1.99. The predicted octanol–water partition coefficient (Wildman–Crippen LogP) is 2.44. The van der Waals surface area contributed by atoms with Crippen molar-refractivity contribution in [1.82, 2.24) is 19.7 Å². The molecule has 4 aliphatic rings. The second-order valence-electron chi connectivity index (χ2n) is 9.17. The maximum atomic E-state index is 12.9. The van der Waals surface area contributed by atoms with E-state index in [0.717, 1.165) is 50.9 Å². The predicted molar refractivity (Wildman–Crippen MR) is 117 cm³/mol. The SMILES string of the molecule is CN1CC(c2ccc(OC3CN(C(=O)N4CCCN(C5CCC5)CC4)C3)cc2)C=N1. The van der Waals surface area contributed by atoms with E-state index in [0.29, 0.717) is 19.0 Å². The number of carbonyl (C=O) groups excluding carboxylic acids is 1. The normalized spacial score (nSPS) is 25.8. The van der Waals surface area contributed by atoms with E-state index in [1.807, 2.05) is 40.2 Å². The van der Waals surface area contributed by atoms with Crippen molar-refractivity contribution in [3.8, 4) is 5.75 Å². The highest BCUT2D eigenvalue weighted by molar-refractivity contribution is 5.75. The van der Waals surface area contributed by atoms with E-state index in [-0.39, 0.29) is 12.1 Å². The van der Waals surface area contributed by atoms with E-state index in [1.54, 1.807) is 0 Å². The summed E-state index contributed by atoms with van der Waals surface area (Å²) in [6.07, 6.45) is 7.23. The highest BCUT2D eigenvalue weighted by Gasteiger charge is 2.36. The molecule has 0 bridgehead atoms. The van der Waals surface area contributed by atoms with Crippen molar-refractivity contribution in [1.29, 1.82) is 0 Å². The van der Waals surface area contributed by atoms with E-state index in [4.69, 9.17) is 4.74 Å². The van der Waals surface area contributed by atoms with Gasteiger partial charge in [-0.1, -0.05) is 18.6 Å². The van der Waals surface area contributed by atoms with Crippen molar-refractivity contribution in [2.75, 3.05) is 52.9 Å². The number of urea groups is 1. The van der Waals surface area contributed by atoms with Crippen LogP contribution >= 0.6 is 0 Å². The van der Waals surface area contributed by atoms with Crippen molar-refractivity contribution in [2.24, 2.45) is 5.10 Å². The molecule has 1 aromatic carbocycles. The molecule has 5 rings (SSSR count). The van der Waals surface area contributed by atoms with Crippen molar-refractivity contribution in [2.45, 2.75) is 43.7 Å². The van der Waals surface area contributed by atoms with Gasteiger partial charge in [0.1, 0.15) is 11.9 Å². The van der Waals surface area contributed by atoms with Gasteiger partial charge in [0, 0.05) is 57.9 Å². The molecule has 1 atom stereocenters. The molecule has 2 saturated heterocycles. The van der Waals surface area contributed by atoms with Gasteiger partial charge in [0.2, 0.25) is 0 Å². The zero-order valence-electron chi connectivity index (χ0n) is 17.9. The van der Waals surface area contributed by atoms with Crippen LogP contribution in [0.15, 0.2) is 29.4 Å². The molecule has 162 valence electrons. The minimum absolute atomic E-state index is 0.0948. The van der Waals surface area contributed by atoms with Crippen LogP contribution in [0.25, 0.3) is 0 Å². The van der Waals surface area contributed by atoms with Crippen LogP contribution in [0.3, 0.4) is 0 Å². The molecule has 3 fully saturated rings. The Morgan fingerprint density at radius 1 is 0.967 bits per heavy atom. The second kappa shape index (κ2) is 8.46. The molecular formula is C23H33N5O2. The third-order valence-corrected chi connectivity index (χ3v) is 7.03. The fourth-order valence-corrected chi connectivity index (χ4v) is 4.87. The molecule has 3 aliphatic heterocycles. The minimum atomic E-state index is 0.0948. The van der Waals surface area contributed by atoms with Crippen molar-refractivity contribution >= 4 is 12.2 Å². The van der Waals surface area contributed by atoms with Gasteiger partial charge in [0.25, 0.3) is 0 Å². The molecule has 1 unspecified atom stereocenters. The Kier molecular flexibility index (Phi) is 5.54. The lowest BCUT2D eigenvalue weighted by Gasteiger charge is -2.41. The van der Waals surface area contributed by atoms with Crippen molar-refractivity contribution in [3.63, 3.8) is 0 Å². The monoisotopic (exact) mass is 411 g/mol. The summed E-state index contributed by atoms with van der Waals surface area (Å²) in [5, 5.41) is 6.27. The number of benzene rings is 1. The molecule has 0 spiro atoms. The highest BCUT2D eigenvalue weighted by Crippen LogP contribution is 2.27. The number of hydrazone groups is 1. The molecule has 7 heteroatoms. The van der Waals surface area contributed by atoms with Gasteiger partial charge in [0.15, 0.2) is 0 Å². The first kappa shape index (κ1) is 19.7. The van der Waals surface area contributed by atoms with Crippen LogP contribution < -0.4 is 4.74 Å². The van der Waals surface area contributed by atoms with E-state index in [2.05, 4.69) is 22.1 Å². The van der Waals surface area contributed by atoms with Crippen LogP contribution in [0.1, 0.15) is 37.2 Å². The van der Waals surface area contributed by atoms with Crippen LogP contribution in [0.5, 0.6) is 5.75 Å². The van der Waals surface area contributed by atoms with Gasteiger partial charge in [-0.15, -0.1) is 0 Å². The summed E-state index contributed by atoms with van der Waals surface area (Å²) in [6.45, 7) is 6.20. The zero-order chi connectivity index (χ0) is 20.5. The molecule has 0 aromatic heterocycles. The van der Waals surface area contributed by atoms with Crippen LogP contribution in [-0.2, 0) is 0 Å². The number of hydrogen-bond donors (Lipinski definition) is 0. The van der Waals surface area contributed by atoms with E-state index in [1.165, 1.54) is 24.8 Å². The minimum Gasteiger partial charge on any atom is -0.487 e. The van der Waals surface area contributed by atoms with Crippen molar-refractivity contribution in [3.05, 3.63) is 29.8 Å². The third-order valence-electron chi connectivity index (χ3n) is 7.03. The molecule has 7 nitrogen and oxygen atoms in total. The zero-order valence-corrected chi connectivity index (χ0v) is 17.9. The Hall–Kier alpha value is -2.28. The van der Waals surface area contributed by atoms with Crippen LogP contribution in [0.2, 0.25) is 0 Å². The Morgan fingerprint density at radius 2 is 1.77 bits per heavy atom. The number of carbonyl (C=O) groups is 1. The summed E-state index contributed by atoms with van der Waals surface area (Å²) >= 11 is 0. The average Bonchev–Trinajstić information content (AvgIpc) is 2.97.